The Hall–Kier alpha value is -2.54. The summed E-state index contributed by atoms with van der Waals surface area (Å²) in [7, 11) is 0. The highest BCUT2D eigenvalue weighted by Crippen LogP contribution is 2.29. The van der Waals surface area contributed by atoms with Gasteiger partial charge in [-0.05, 0) is 34.6 Å². The predicted molar refractivity (Wildman–Crippen MR) is 104 cm³/mol. The van der Waals surface area contributed by atoms with Crippen LogP contribution in [0.2, 0.25) is 0 Å². The SMILES string of the molecule is Cc1ccc(-c2nn(CC(=O)NC(C)(C)C)c(=O)c3nc(C)sc23)cc1. The molecule has 0 saturated carbocycles. The fourth-order valence-corrected chi connectivity index (χ4v) is 3.58. The molecule has 0 aliphatic rings. The summed E-state index contributed by atoms with van der Waals surface area (Å²) in [6, 6.07) is 7.93. The van der Waals surface area contributed by atoms with Crippen molar-refractivity contribution in [2.45, 2.75) is 46.7 Å². The number of carbonyl (C=O) groups excluding carboxylic acids is 1. The Bertz CT molecular complexity index is 1030. The number of amides is 1. The van der Waals surface area contributed by atoms with Crippen molar-refractivity contribution >= 4 is 27.5 Å². The van der Waals surface area contributed by atoms with Crippen LogP contribution < -0.4 is 10.9 Å². The van der Waals surface area contributed by atoms with E-state index in [-0.39, 0.29) is 23.6 Å². The Morgan fingerprint density at radius 1 is 1.19 bits per heavy atom. The van der Waals surface area contributed by atoms with Gasteiger partial charge in [0, 0.05) is 11.1 Å². The molecule has 26 heavy (non-hydrogen) atoms. The van der Waals surface area contributed by atoms with Crippen LogP contribution in [0.1, 0.15) is 31.3 Å². The minimum absolute atomic E-state index is 0.137. The molecule has 0 bridgehead atoms. The number of rotatable bonds is 3. The Balaban J connectivity index is 2.12. The molecule has 1 N–H and O–H groups in total. The lowest BCUT2D eigenvalue weighted by molar-refractivity contribution is -0.123. The highest BCUT2D eigenvalue weighted by molar-refractivity contribution is 7.19. The molecule has 3 rings (SSSR count). The van der Waals surface area contributed by atoms with Gasteiger partial charge >= 0.3 is 0 Å². The zero-order chi connectivity index (χ0) is 19.1. The lowest BCUT2D eigenvalue weighted by atomic mass is 10.1. The van der Waals surface area contributed by atoms with Crippen LogP contribution in [0.4, 0.5) is 0 Å². The predicted octanol–water partition coefficient (Wildman–Crippen LogP) is 3.05. The van der Waals surface area contributed by atoms with Crippen molar-refractivity contribution in [3.63, 3.8) is 0 Å². The molecule has 6 nitrogen and oxygen atoms in total. The van der Waals surface area contributed by atoms with E-state index in [9.17, 15) is 9.59 Å². The molecule has 3 aromatic rings. The van der Waals surface area contributed by atoms with Gasteiger partial charge in [0.05, 0.1) is 9.71 Å². The van der Waals surface area contributed by atoms with E-state index < -0.39 is 0 Å². The molecule has 0 radical (unpaired) electrons. The molecule has 0 aliphatic carbocycles. The van der Waals surface area contributed by atoms with Gasteiger partial charge in [-0.3, -0.25) is 9.59 Å². The number of nitrogens with one attached hydrogen (secondary N) is 1. The van der Waals surface area contributed by atoms with Crippen molar-refractivity contribution < 1.29 is 4.79 Å². The first-order valence-electron chi connectivity index (χ1n) is 8.40. The smallest absolute Gasteiger partial charge is 0.294 e. The lowest BCUT2D eigenvalue weighted by Crippen LogP contribution is -2.44. The van der Waals surface area contributed by atoms with Crippen molar-refractivity contribution in [3.8, 4) is 11.3 Å². The van der Waals surface area contributed by atoms with Crippen LogP contribution in [-0.2, 0) is 11.3 Å². The van der Waals surface area contributed by atoms with Gasteiger partial charge in [0.15, 0.2) is 5.52 Å². The molecular formula is C19H22N4O2S. The van der Waals surface area contributed by atoms with Gasteiger partial charge in [-0.2, -0.15) is 5.10 Å². The standard InChI is InChI=1S/C19H22N4O2S/c1-11-6-8-13(9-7-11)15-17-16(20-12(2)26-17)18(25)23(22-15)10-14(24)21-19(3,4)5/h6-9H,10H2,1-5H3,(H,21,24). The van der Waals surface area contributed by atoms with Crippen molar-refractivity contribution in [1.29, 1.82) is 0 Å². The second-order valence-electron chi connectivity index (χ2n) is 7.39. The van der Waals surface area contributed by atoms with Crippen LogP contribution in [0.5, 0.6) is 0 Å². The molecule has 2 heterocycles. The molecule has 0 unspecified atom stereocenters. The second kappa shape index (κ2) is 6.64. The van der Waals surface area contributed by atoms with E-state index in [4.69, 9.17) is 0 Å². The van der Waals surface area contributed by atoms with Crippen molar-refractivity contribution in [3.05, 3.63) is 45.2 Å². The van der Waals surface area contributed by atoms with E-state index in [0.717, 1.165) is 20.8 Å². The average molecular weight is 370 g/mol. The van der Waals surface area contributed by atoms with Crippen LogP contribution in [0, 0.1) is 13.8 Å². The van der Waals surface area contributed by atoms with Crippen molar-refractivity contribution in [2.75, 3.05) is 0 Å². The summed E-state index contributed by atoms with van der Waals surface area (Å²) < 4.78 is 1.96. The quantitative estimate of drug-likeness (QED) is 0.769. The maximum Gasteiger partial charge on any atom is 0.294 e. The summed E-state index contributed by atoms with van der Waals surface area (Å²) in [6.45, 7) is 9.42. The lowest BCUT2D eigenvalue weighted by Gasteiger charge is -2.20. The third kappa shape index (κ3) is 3.83. The fourth-order valence-electron chi connectivity index (χ4n) is 2.67. The van der Waals surface area contributed by atoms with Crippen LogP contribution >= 0.6 is 11.3 Å². The minimum Gasteiger partial charge on any atom is -0.350 e. The molecule has 2 aromatic heterocycles. The molecule has 0 saturated heterocycles. The average Bonchev–Trinajstić information content (AvgIpc) is 2.91. The Morgan fingerprint density at radius 3 is 2.46 bits per heavy atom. The number of carbonyl (C=O) groups is 1. The van der Waals surface area contributed by atoms with Crippen LogP contribution in [0.25, 0.3) is 21.5 Å². The minimum atomic E-state index is -0.373. The Kier molecular flexibility index (Phi) is 4.66. The van der Waals surface area contributed by atoms with Gasteiger partial charge in [-0.15, -0.1) is 11.3 Å². The van der Waals surface area contributed by atoms with Crippen molar-refractivity contribution in [2.24, 2.45) is 0 Å². The number of benzene rings is 1. The van der Waals surface area contributed by atoms with Crippen LogP contribution in [-0.4, -0.2) is 26.2 Å². The number of aromatic nitrogens is 3. The number of thiazole rings is 1. The molecule has 1 aromatic carbocycles. The van der Waals surface area contributed by atoms with E-state index in [1.807, 2.05) is 58.9 Å². The summed E-state index contributed by atoms with van der Waals surface area (Å²) in [5, 5.41) is 8.15. The van der Waals surface area contributed by atoms with Gasteiger partial charge in [-0.1, -0.05) is 29.8 Å². The maximum absolute atomic E-state index is 12.7. The number of hydrogen-bond acceptors (Lipinski definition) is 5. The molecule has 1 amide bonds. The van der Waals surface area contributed by atoms with Gasteiger partial charge in [0.25, 0.3) is 5.56 Å². The van der Waals surface area contributed by atoms with Crippen molar-refractivity contribution in [1.82, 2.24) is 20.1 Å². The highest BCUT2D eigenvalue weighted by Gasteiger charge is 2.19. The van der Waals surface area contributed by atoms with E-state index in [0.29, 0.717) is 11.2 Å². The second-order valence-corrected chi connectivity index (χ2v) is 8.59. The van der Waals surface area contributed by atoms with Gasteiger partial charge < -0.3 is 5.32 Å². The molecule has 0 atom stereocenters. The third-order valence-corrected chi connectivity index (χ3v) is 4.72. The van der Waals surface area contributed by atoms with E-state index in [1.165, 1.54) is 16.0 Å². The highest BCUT2D eigenvalue weighted by atomic mass is 32.1. The molecule has 7 heteroatoms. The summed E-state index contributed by atoms with van der Waals surface area (Å²) in [5.74, 6) is -0.256. The van der Waals surface area contributed by atoms with Gasteiger partial charge in [0.2, 0.25) is 5.91 Å². The van der Waals surface area contributed by atoms with E-state index in [2.05, 4.69) is 15.4 Å². The Labute approximate surface area is 155 Å². The monoisotopic (exact) mass is 370 g/mol. The first kappa shape index (κ1) is 18.3. The summed E-state index contributed by atoms with van der Waals surface area (Å²) in [6.07, 6.45) is 0. The number of hydrogen-bond donors (Lipinski definition) is 1. The molecule has 136 valence electrons. The fraction of sp³-hybridized carbons (Fsp3) is 0.368. The largest absolute Gasteiger partial charge is 0.350 e. The zero-order valence-corrected chi connectivity index (χ0v) is 16.4. The van der Waals surface area contributed by atoms with Crippen LogP contribution in [0.15, 0.2) is 29.1 Å². The first-order chi connectivity index (χ1) is 12.1. The zero-order valence-electron chi connectivity index (χ0n) is 15.6. The summed E-state index contributed by atoms with van der Waals surface area (Å²) >= 11 is 1.44. The number of fused-ring (bicyclic) bond motifs is 1. The molecule has 0 aliphatic heterocycles. The maximum atomic E-state index is 12.7. The molecule has 0 fully saturated rings. The Morgan fingerprint density at radius 2 is 1.85 bits per heavy atom. The molecule has 0 spiro atoms. The summed E-state index contributed by atoms with van der Waals surface area (Å²) in [5.41, 5.74) is 2.36. The normalized spacial score (nSPS) is 11.7. The van der Waals surface area contributed by atoms with Crippen LogP contribution in [0.3, 0.4) is 0 Å². The summed E-state index contributed by atoms with van der Waals surface area (Å²) in [4.78, 5) is 29.4. The molecular weight excluding hydrogens is 348 g/mol. The first-order valence-corrected chi connectivity index (χ1v) is 9.22. The topological polar surface area (TPSA) is 76.9 Å². The number of nitrogens with zero attached hydrogens (tertiary/aromatic N) is 3. The van der Waals surface area contributed by atoms with E-state index >= 15 is 0 Å². The van der Waals surface area contributed by atoms with E-state index in [1.54, 1.807) is 0 Å². The number of aryl methyl sites for hydroxylation is 2. The van der Waals surface area contributed by atoms with Gasteiger partial charge in [0.1, 0.15) is 12.2 Å². The third-order valence-electron chi connectivity index (χ3n) is 3.74. The van der Waals surface area contributed by atoms with Gasteiger partial charge in [-0.25, -0.2) is 9.67 Å².